The standard InChI is InChI=1S/C8H8F2IN/c9-8(10)7(12)5-3-1-2-4-6(5)11/h1-4,7-8H,12H2/t7-/m0/s1. The summed E-state index contributed by atoms with van der Waals surface area (Å²) in [5, 5.41) is 0. The molecule has 0 saturated heterocycles. The number of nitrogens with two attached hydrogens (primary N) is 1. The van der Waals surface area contributed by atoms with E-state index < -0.39 is 12.5 Å². The molecule has 1 atom stereocenters. The van der Waals surface area contributed by atoms with E-state index in [9.17, 15) is 8.78 Å². The van der Waals surface area contributed by atoms with Gasteiger partial charge in [-0.2, -0.15) is 0 Å². The van der Waals surface area contributed by atoms with Gasteiger partial charge in [-0.15, -0.1) is 0 Å². The molecule has 0 aliphatic rings. The Bertz CT molecular complexity index is 265. The molecule has 1 aromatic rings. The Morgan fingerprint density at radius 3 is 2.33 bits per heavy atom. The van der Waals surface area contributed by atoms with Crippen LogP contribution < -0.4 is 5.73 Å². The number of hydrogen-bond acceptors (Lipinski definition) is 1. The maximum atomic E-state index is 12.2. The normalized spacial score (nSPS) is 13.4. The average Bonchev–Trinajstić information content (AvgIpc) is 2.04. The van der Waals surface area contributed by atoms with Crippen molar-refractivity contribution in [3.05, 3.63) is 33.4 Å². The molecule has 0 amide bonds. The lowest BCUT2D eigenvalue weighted by Gasteiger charge is -2.11. The van der Waals surface area contributed by atoms with E-state index in [1.54, 1.807) is 24.3 Å². The maximum absolute atomic E-state index is 12.2. The molecule has 66 valence electrons. The summed E-state index contributed by atoms with van der Waals surface area (Å²) in [5.74, 6) is 0. The van der Waals surface area contributed by atoms with Gasteiger partial charge in [-0.25, -0.2) is 8.78 Å². The molecule has 0 spiro atoms. The SMILES string of the molecule is N[C@@H](c1ccccc1I)C(F)F. The van der Waals surface area contributed by atoms with Gasteiger partial charge in [-0.3, -0.25) is 0 Å². The van der Waals surface area contributed by atoms with E-state index in [0.29, 0.717) is 5.56 Å². The number of halogens is 3. The maximum Gasteiger partial charge on any atom is 0.257 e. The number of benzene rings is 1. The van der Waals surface area contributed by atoms with Gasteiger partial charge in [-0.1, -0.05) is 18.2 Å². The number of alkyl halides is 2. The van der Waals surface area contributed by atoms with Gasteiger partial charge in [0.15, 0.2) is 0 Å². The van der Waals surface area contributed by atoms with Crippen LogP contribution in [0.2, 0.25) is 0 Å². The molecule has 4 heteroatoms. The number of rotatable bonds is 2. The molecule has 0 aliphatic heterocycles. The third-order valence-corrected chi connectivity index (χ3v) is 2.52. The monoisotopic (exact) mass is 283 g/mol. The highest BCUT2D eigenvalue weighted by Crippen LogP contribution is 2.22. The van der Waals surface area contributed by atoms with Crippen molar-refractivity contribution >= 4 is 22.6 Å². The van der Waals surface area contributed by atoms with Gasteiger partial charge < -0.3 is 5.73 Å². The summed E-state index contributed by atoms with van der Waals surface area (Å²) < 4.78 is 25.1. The van der Waals surface area contributed by atoms with Crippen molar-refractivity contribution in [1.82, 2.24) is 0 Å². The lowest BCUT2D eigenvalue weighted by atomic mass is 10.1. The molecule has 0 heterocycles. The summed E-state index contributed by atoms with van der Waals surface area (Å²) in [6.45, 7) is 0. The average molecular weight is 283 g/mol. The van der Waals surface area contributed by atoms with Gasteiger partial charge in [0, 0.05) is 3.57 Å². The van der Waals surface area contributed by atoms with Gasteiger partial charge in [0.25, 0.3) is 6.43 Å². The first-order chi connectivity index (χ1) is 5.63. The Morgan fingerprint density at radius 2 is 1.83 bits per heavy atom. The molecule has 0 aliphatic carbocycles. The molecule has 1 aromatic carbocycles. The van der Waals surface area contributed by atoms with E-state index in [-0.39, 0.29) is 0 Å². The van der Waals surface area contributed by atoms with Gasteiger partial charge in [0.1, 0.15) is 0 Å². The Balaban J connectivity index is 2.94. The van der Waals surface area contributed by atoms with Crippen molar-refractivity contribution in [2.75, 3.05) is 0 Å². The highest BCUT2D eigenvalue weighted by Gasteiger charge is 2.18. The third-order valence-electron chi connectivity index (χ3n) is 1.54. The molecule has 0 fully saturated rings. The van der Waals surface area contributed by atoms with E-state index in [1.807, 2.05) is 22.6 Å². The van der Waals surface area contributed by atoms with Crippen molar-refractivity contribution in [2.24, 2.45) is 5.73 Å². The van der Waals surface area contributed by atoms with Crippen molar-refractivity contribution < 1.29 is 8.78 Å². The summed E-state index contributed by atoms with van der Waals surface area (Å²) in [4.78, 5) is 0. The van der Waals surface area contributed by atoms with Crippen LogP contribution in [0.15, 0.2) is 24.3 Å². The van der Waals surface area contributed by atoms with Crippen LogP contribution in [0.3, 0.4) is 0 Å². The van der Waals surface area contributed by atoms with Gasteiger partial charge in [0.2, 0.25) is 0 Å². The molecule has 12 heavy (non-hydrogen) atoms. The van der Waals surface area contributed by atoms with E-state index in [2.05, 4.69) is 0 Å². The molecular formula is C8H8F2IN. The van der Waals surface area contributed by atoms with Crippen LogP contribution in [-0.2, 0) is 0 Å². The first kappa shape index (κ1) is 9.85. The zero-order valence-electron chi connectivity index (χ0n) is 6.18. The minimum atomic E-state index is -2.50. The van der Waals surface area contributed by atoms with Crippen LogP contribution in [0.5, 0.6) is 0 Å². The smallest absolute Gasteiger partial charge is 0.257 e. The van der Waals surface area contributed by atoms with Crippen LogP contribution in [0.25, 0.3) is 0 Å². The minimum absolute atomic E-state index is 0.508. The van der Waals surface area contributed by atoms with Crippen molar-refractivity contribution in [2.45, 2.75) is 12.5 Å². The zero-order valence-corrected chi connectivity index (χ0v) is 8.33. The zero-order chi connectivity index (χ0) is 9.14. The van der Waals surface area contributed by atoms with E-state index in [4.69, 9.17) is 5.73 Å². The molecule has 2 N–H and O–H groups in total. The molecule has 1 rings (SSSR count). The second-order valence-corrected chi connectivity index (χ2v) is 3.54. The second-order valence-electron chi connectivity index (χ2n) is 2.38. The van der Waals surface area contributed by atoms with Crippen LogP contribution in [0.4, 0.5) is 8.78 Å². The fourth-order valence-corrected chi connectivity index (χ4v) is 1.63. The summed E-state index contributed by atoms with van der Waals surface area (Å²) in [6, 6.07) is 5.72. The van der Waals surface area contributed by atoms with E-state index in [1.165, 1.54) is 0 Å². The predicted octanol–water partition coefficient (Wildman–Crippen LogP) is 2.56. The first-order valence-corrected chi connectivity index (χ1v) is 4.49. The van der Waals surface area contributed by atoms with Crippen LogP contribution in [0.1, 0.15) is 11.6 Å². The quantitative estimate of drug-likeness (QED) is 0.829. The molecule has 0 radical (unpaired) electrons. The van der Waals surface area contributed by atoms with Gasteiger partial charge in [-0.05, 0) is 34.2 Å². The predicted molar refractivity (Wildman–Crippen MR) is 52.1 cm³/mol. The third kappa shape index (κ3) is 2.13. The highest BCUT2D eigenvalue weighted by molar-refractivity contribution is 14.1. The molecule has 0 unspecified atom stereocenters. The minimum Gasteiger partial charge on any atom is -0.319 e. The van der Waals surface area contributed by atoms with E-state index in [0.717, 1.165) is 3.57 Å². The summed E-state index contributed by atoms with van der Waals surface area (Å²) in [5.41, 5.74) is 5.79. The Kier molecular flexibility index (Phi) is 3.39. The molecule has 0 bridgehead atoms. The summed E-state index contributed by atoms with van der Waals surface area (Å²) in [6.07, 6.45) is -2.50. The highest BCUT2D eigenvalue weighted by atomic mass is 127. The van der Waals surface area contributed by atoms with Gasteiger partial charge in [0.05, 0.1) is 6.04 Å². The Labute approximate surface area is 83.1 Å². The first-order valence-electron chi connectivity index (χ1n) is 3.41. The van der Waals surface area contributed by atoms with E-state index >= 15 is 0 Å². The molecular weight excluding hydrogens is 275 g/mol. The Morgan fingerprint density at radius 1 is 1.25 bits per heavy atom. The van der Waals surface area contributed by atoms with Crippen LogP contribution in [0, 0.1) is 3.57 Å². The van der Waals surface area contributed by atoms with Crippen LogP contribution in [-0.4, -0.2) is 6.43 Å². The largest absolute Gasteiger partial charge is 0.319 e. The topological polar surface area (TPSA) is 26.0 Å². The fraction of sp³-hybridized carbons (Fsp3) is 0.250. The van der Waals surface area contributed by atoms with Crippen LogP contribution >= 0.6 is 22.6 Å². The van der Waals surface area contributed by atoms with Crippen molar-refractivity contribution in [1.29, 1.82) is 0 Å². The lowest BCUT2D eigenvalue weighted by Crippen LogP contribution is -2.19. The Hall–Kier alpha value is -0.230. The van der Waals surface area contributed by atoms with Crippen molar-refractivity contribution in [3.63, 3.8) is 0 Å². The fourth-order valence-electron chi connectivity index (χ4n) is 0.881. The lowest BCUT2D eigenvalue weighted by molar-refractivity contribution is 0.116. The summed E-state index contributed by atoms with van der Waals surface area (Å²) >= 11 is 2.00. The molecule has 1 nitrogen and oxygen atoms in total. The summed E-state index contributed by atoms with van der Waals surface area (Å²) in [7, 11) is 0. The second kappa shape index (κ2) is 4.13. The van der Waals surface area contributed by atoms with Crippen molar-refractivity contribution in [3.8, 4) is 0 Å². The number of hydrogen-bond donors (Lipinski definition) is 1. The molecule has 0 aromatic heterocycles. The van der Waals surface area contributed by atoms with Gasteiger partial charge >= 0.3 is 0 Å². The molecule has 0 saturated carbocycles.